The molecule has 0 aromatic rings. The van der Waals surface area contributed by atoms with Gasteiger partial charge in [0.15, 0.2) is 5.96 Å². The highest BCUT2D eigenvalue weighted by Gasteiger charge is 2.20. The molecule has 1 aliphatic rings. The van der Waals surface area contributed by atoms with E-state index in [-0.39, 0.29) is 0 Å². The molecule has 1 fully saturated rings. The summed E-state index contributed by atoms with van der Waals surface area (Å²) in [7, 11) is 1.87. The molecule has 1 rings (SSSR count). The van der Waals surface area contributed by atoms with Crippen LogP contribution in [0.1, 0.15) is 60.8 Å². The van der Waals surface area contributed by atoms with Crippen LogP contribution in [0.4, 0.5) is 0 Å². The Bertz CT molecular complexity index is 384. The minimum absolute atomic E-state index is 0.604. The van der Waals surface area contributed by atoms with E-state index >= 15 is 0 Å². The van der Waals surface area contributed by atoms with E-state index in [2.05, 4.69) is 67.0 Å². The molecule has 0 spiro atoms. The lowest BCUT2D eigenvalue weighted by Gasteiger charge is -2.34. The van der Waals surface area contributed by atoms with Crippen molar-refractivity contribution in [3.8, 4) is 0 Å². The molecule has 1 aliphatic heterocycles. The summed E-state index contributed by atoms with van der Waals surface area (Å²) in [5.74, 6) is 2.44. The Kier molecular flexibility index (Phi) is 11.2. The summed E-state index contributed by atoms with van der Waals surface area (Å²) >= 11 is 0. The van der Waals surface area contributed by atoms with E-state index in [1.54, 1.807) is 0 Å². The Morgan fingerprint density at radius 2 is 1.81 bits per heavy atom. The van der Waals surface area contributed by atoms with E-state index in [1.165, 1.54) is 32.5 Å². The third kappa shape index (κ3) is 9.22. The van der Waals surface area contributed by atoms with E-state index in [1.807, 2.05) is 7.05 Å². The molecular formula is C21H45N5. The highest BCUT2D eigenvalue weighted by molar-refractivity contribution is 5.79. The number of piperidine rings is 1. The molecule has 1 unspecified atom stereocenters. The Balaban J connectivity index is 2.26. The SMILES string of the molecule is CN=C(NCCCN(C(C)C)C(C)C)NCC1CCCN(CC(C)C)C1. The van der Waals surface area contributed by atoms with Gasteiger partial charge in [-0.3, -0.25) is 9.89 Å². The second kappa shape index (κ2) is 12.6. The van der Waals surface area contributed by atoms with Crippen LogP contribution in [-0.2, 0) is 0 Å². The van der Waals surface area contributed by atoms with Gasteiger partial charge in [-0.25, -0.2) is 0 Å². The lowest BCUT2D eigenvalue weighted by Crippen LogP contribution is -2.45. The maximum Gasteiger partial charge on any atom is 0.190 e. The molecule has 5 nitrogen and oxygen atoms in total. The predicted molar refractivity (Wildman–Crippen MR) is 115 cm³/mol. The van der Waals surface area contributed by atoms with Gasteiger partial charge in [-0.05, 0) is 65.3 Å². The van der Waals surface area contributed by atoms with Crippen molar-refractivity contribution < 1.29 is 0 Å². The van der Waals surface area contributed by atoms with Gasteiger partial charge in [-0.15, -0.1) is 0 Å². The van der Waals surface area contributed by atoms with Crippen LogP contribution >= 0.6 is 0 Å². The third-order valence-corrected chi connectivity index (χ3v) is 5.22. The van der Waals surface area contributed by atoms with Crippen LogP contribution in [0.5, 0.6) is 0 Å². The zero-order valence-electron chi connectivity index (χ0n) is 18.5. The average molecular weight is 368 g/mol. The maximum atomic E-state index is 4.39. The minimum Gasteiger partial charge on any atom is -0.356 e. The van der Waals surface area contributed by atoms with Gasteiger partial charge in [-0.1, -0.05) is 13.8 Å². The highest BCUT2D eigenvalue weighted by atomic mass is 15.2. The summed E-state index contributed by atoms with van der Waals surface area (Å²) < 4.78 is 0. The largest absolute Gasteiger partial charge is 0.356 e. The number of hydrogen-bond acceptors (Lipinski definition) is 3. The number of nitrogens with one attached hydrogen (secondary N) is 2. The molecule has 0 saturated carbocycles. The molecule has 1 heterocycles. The average Bonchev–Trinajstić information content (AvgIpc) is 2.56. The van der Waals surface area contributed by atoms with Crippen molar-refractivity contribution in [3.05, 3.63) is 0 Å². The molecule has 2 N–H and O–H groups in total. The molecule has 1 atom stereocenters. The number of rotatable bonds is 10. The molecule has 0 aliphatic carbocycles. The summed E-state index contributed by atoms with van der Waals surface area (Å²) in [4.78, 5) is 9.57. The van der Waals surface area contributed by atoms with Gasteiger partial charge in [-0.2, -0.15) is 0 Å². The van der Waals surface area contributed by atoms with E-state index in [4.69, 9.17) is 0 Å². The van der Waals surface area contributed by atoms with E-state index in [9.17, 15) is 0 Å². The van der Waals surface area contributed by atoms with Crippen LogP contribution in [-0.4, -0.2) is 74.2 Å². The number of aliphatic imine (C=N–C) groups is 1. The first-order valence-electron chi connectivity index (χ1n) is 10.8. The predicted octanol–water partition coefficient (Wildman–Crippen LogP) is 3.03. The molecule has 0 aromatic carbocycles. The van der Waals surface area contributed by atoms with Crippen molar-refractivity contribution in [2.45, 2.75) is 72.9 Å². The normalized spacial score (nSPS) is 19.8. The smallest absolute Gasteiger partial charge is 0.190 e. The quantitative estimate of drug-likeness (QED) is 0.354. The van der Waals surface area contributed by atoms with Crippen molar-refractivity contribution in [2.24, 2.45) is 16.8 Å². The van der Waals surface area contributed by atoms with Crippen molar-refractivity contribution >= 4 is 5.96 Å². The van der Waals surface area contributed by atoms with Crippen molar-refractivity contribution in [1.29, 1.82) is 0 Å². The second-order valence-electron chi connectivity index (χ2n) is 8.82. The molecule has 0 bridgehead atoms. The Hall–Kier alpha value is -0.810. The lowest BCUT2D eigenvalue weighted by molar-refractivity contribution is 0.159. The Morgan fingerprint density at radius 1 is 1.12 bits per heavy atom. The summed E-state index contributed by atoms with van der Waals surface area (Å²) in [6, 6.07) is 1.21. The second-order valence-corrected chi connectivity index (χ2v) is 8.82. The lowest BCUT2D eigenvalue weighted by atomic mass is 9.97. The van der Waals surface area contributed by atoms with Gasteiger partial charge in [0.25, 0.3) is 0 Å². The maximum absolute atomic E-state index is 4.39. The minimum atomic E-state index is 0.604. The van der Waals surface area contributed by atoms with E-state index < -0.39 is 0 Å². The molecule has 0 radical (unpaired) electrons. The van der Waals surface area contributed by atoms with Crippen molar-refractivity contribution in [2.75, 3.05) is 46.3 Å². The molecule has 5 heteroatoms. The van der Waals surface area contributed by atoms with Crippen LogP contribution in [0.3, 0.4) is 0 Å². The first-order chi connectivity index (χ1) is 12.3. The van der Waals surface area contributed by atoms with E-state index in [0.29, 0.717) is 12.1 Å². The summed E-state index contributed by atoms with van der Waals surface area (Å²) in [5.41, 5.74) is 0. The number of hydrogen-bond donors (Lipinski definition) is 2. The van der Waals surface area contributed by atoms with Gasteiger partial charge in [0, 0.05) is 51.9 Å². The molecule has 26 heavy (non-hydrogen) atoms. The fourth-order valence-electron chi connectivity index (χ4n) is 4.04. The van der Waals surface area contributed by atoms with Crippen molar-refractivity contribution in [1.82, 2.24) is 20.4 Å². The molecule has 0 amide bonds. The number of nitrogens with zero attached hydrogens (tertiary/aromatic N) is 3. The Morgan fingerprint density at radius 3 is 2.38 bits per heavy atom. The summed E-state index contributed by atoms with van der Waals surface area (Å²) in [6.45, 7) is 20.6. The molecular weight excluding hydrogens is 322 g/mol. The van der Waals surface area contributed by atoms with Gasteiger partial charge < -0.3 is 15.5 Å². The first kappa shape index (κ1) is 23.2. The fraction of sp³-hybridized carbons (Fsp3) is 0.952. The number of guanidine groups is 1. The third-order valence-electron chi connectivity index (χ3n) is 5.22. The highest BCUT2D eigenvalue weighted by Crippen LogP contribution is 2.16. The topological polar surface area (TPSA) is 42.9 Å². The fourth-order valence-corrected chi connectivity index (χ4v) is 4.04. The molecule has 154 valence electrons. The zero-order valence-corrected chi connectivity index (χ0v) is 18.5. The van der Waals surface area contributed by atoms with Gasteiger partial charge in [0.05, 0.1) is 0 Å². The van der Waals surface area contributed by atoms with Crippen LogP contribution in [0.15, 0.2) is 4.99 Å². The summed E-state index contributed by atoms with van der Waals surface area (Å²) in [6.07, 6.45) is 3.80. The number of likely N-dealkylation sites (tertiary alicyclic amines) is 1. The van der Waals surface area contributed by atoms with Crippen molar-refractivity contribution in [3.63, 3.8) is 0 Å². The van der Waals surface area contributed by atoms with Gasteiger partial charge >= 0.3 is 0 Å². The molecule has 1 saturated heterocycles. The van der Waals surface area contributed by atoms with Gasteiger partial charge in [0.2, 0.25) is 0 Å². The zero-order chi connectivity index (χ0) is 19.5. The van der Waals surface area contributed by atoms with E-state index in [0.717, 1.165) is 43.9 Å². The van der Waals surface area contributed by atoms with Crippen LogP contribution in [0, 0.1) is 11.8 Å². The van der Waals surface area contributed by atoms with Crippen LogP contribution in [0.2, 0.25) is 0 Å². The van der Waals surface area contributed by atoms with Gasteiger partial charge in [0.1, 0.15) is 0 Å². The molecule has 0 aromatic heterocycles. The monoisotopic (exact) mass is 367 g/mol. The summed E-state index contributed by atoms with van der Waals surface area (Å²) in [5, 5.41) is 7.03. The Labute approximate surface area is 163 Å². The van der Waals surface area contributed by atoms with Crippen LogP contribution in [0.25, 0.3) is 0 Å². The standard InChI is InChI=1S/C21H45N5/c1-17(2)15-25-12-8-10-20(16-25)14-24-21(22-7)23-11-9-13-26(18(3)4)19(5)6/h17-20H,8-16H2,1-7H3,(H2,22,23,24). The van der Waals surface area contributed by atoms with Crippen LogP contribution < -0.4 is 10.6 Å². The first-order valence-corrected chi connectivity index (χ1v) is 10.8.